The standard InChI is InChI=1S/C19H18ClN3/c1-4-14-5-7-15(8-6-14)19(20)9-16-17(10-21)12(2)23-13(3)18(16)11-22/h5-9,16-17H,4H2,1-3H3/b19-9-. The van der Waals surface area contributed by atoms with Crippen molar-refractivity contribution < 1.29 is 0 Å². The van der Waals surface area contributed by atoms with Gasteiger partial charge in [-0.2, -0.15) is 10.5 Å². The van der Waals surface area contributed by atoms with E-state index in [9.17, 15) is 10.5 Å². The molecule has 1 aliphatic heterocycles. The summed E-state index contributed by atoms with van der Waals surface area (Å²) < 4.78 is 0. The number of rotatable bonds is 3. The lowest BCUT2D eigenvalue weighted by atomic mass is 9.81. The van der Waals surface area contributed by atoms with Gasteiger partial charge in [-0.15, -0.1) is 0 Å². The predicted octanol–water partition coefficient (Wildman–Crippen LogP) is 4.86. The summed E-state index contributed by atoms with van der Waals surface area (Å²) >= 11 is 6.45. The fourth-order valence-electron chi connectivity index (χ4n) is 2.72. The van der Waals surface area contributed by atoms with Gasteiger partial charge < -0.3 is 0 Å². The molecule has 0 aliphatic carbocycles. The molecule has 1 aromatic rings. The van der Waals surface area contributed by atoms with Crippen LogP contribution in [0.1, 0.15) is 31.9 Å². The minimum Gasteiger partial charge on any atom is -0.260 e. The third kappa shape index (κ3) is 3.52. The van der Waals surface area contributed by atoms with Crippen molar-refractivity contribution in [2.75, 3.05) is 0 Å². The first-order chi connectivity index (χ1) is 11.0. The number of aliphatic imine (C=N–C) groups is 1. The third-order valence-electron chi connectivity index (χ3n) is 4.10. The molecular formula is C19H18ClN3. The van der Waals surface area contributed by atoms with Gasteiger partial charge >= 0.3 is 0 Å². The molecule has 0 N–H and O–H groups in total. The molecule has 4 heteroatoms. The molecule has 0 spiro atoms. The van der Waals surface area contributed by atoms with Crippen LogP contribution in [0.15, 0.2) is 46.6 Å². The molecule has 0 bridgehead atoms. The molecule has 0 aromatic heterocycles. The Bertz CT molecular complexity index is 770. The lowest BCUT2D eigenvalue weighted by molar-refractivity contribution is 0.674. The maximum Gasteiger partial charge on any atom is 0.0973 e. The van der Waals surface area contributed by atoms with E-state index in [0.717, 1.165) is 17.7 Å². The van der Waals surface area contributed by atoms with E-state index in [1.54, 1.807) is 13.0 Å². The summed E-state index contributed by atoms with van der Waals surface area (Å²) in [6.07, 6.45) is 2.77. The van der Waals surface area contributed by atoms with Crippen LogP contribution in [0.4, 0.5) is 0 Å². The Morgan fingerprint density at radius 3 is 2.43 bits per heavy atom. The minimum absolute atomic E-state index is 0.360. The average Bonchev–Trinajstić information content (AvgIpc) is 2.55. The number of allylic oxidation sites excluding steroid dienone is 3. The summed E-state index contributed by atoms with van der Waals surface area (Å²) in [7, 11) is 0. The lowest BCUT2D eigenvalue weighted by Gasteiger charge is -2.24. The number of benzene rings is 1. The highest BCUT2D eigenvalue weighted by Crippen LogP contribution is 2.34. The largest absolute Gasteiger partial charge is 0.260 e. The predicted molar refractivity (Wildman–Crippen MR) is 93.7 cm³/mol. The summed E-state index contributed by atoms with van der Waals surface area (Å²) in [4.78, 5) is 4.32. The van der Waals surface area contributed by atoms with E-state index in [1.165, 1.54) is 5.56 Å². The Hall–Kier alpha value is -2.36. The molecule has 0 saturated carbocycles. The molecule has 2 unspecified atom stereocenters. The topological polar surface area (TPSA) is 59.9 Å². The van der Waals surface area contributed by atoms with Gasteiger partial charge in [0.05, 0.1) is 29.3 Å². The fourth-order valence-corrected chi connectivity index (χ4v) is 2.99. The van der Waals surface area contributed by atoms with Crippen molar-refractivity contribution in [2.24, 2.45) is 16.8 Å². The van der Waals surface area contributed by atoms with Crippen LogP contribution >= 0.6 is 11.6 Å². The van der Waals surface area contributed by atoms with Gasteiger partial charge in [-0.1, -0.05) is 48.9 Å². The zero-order valence-corrected chi connectivity index (χ0v) is 14.2. The first-order valence-corrected chi connectivity index (χ1v) is 7.91. The van der Waals surface area contributed by atoms with Gasteiger partial charge in [-0.25, -0.2) is 0 Å². The van der Waals surface area contributed by atoms with Crippen LogP contribution in [-0.2, 0) is 6.42 Å². The van der Waals surface area contributed by atoms with Crippen LogP contribution < -0.4 is 0 Å². The quantitative estimate of drug-likeness (QED) is 0.797. The summed E-state index contributed by atoms with van der Waals surface area (Å²) in [6.45, 7) is 5.71. The highest BCUT2D eigenvalue weighted by atomic mass is 35.5. The van der Waals surface area contributed by atoms with Crippen LogP contribution in [0, 0.1) is 34.5 Å². The van der Waals surface area contributed by atoms with Gasteiger partial charge in [0.2, 0.25) is 0 Å². The third-order valence-corrected chi connectivity index (χ3v) is 4.44. The highest BCUT2D eigenvalue weighted by molar-refractivity contribution is 6.48. The molecule has 0 saturated heterocycles. The molecule has 116 valence electrons. The second kappa shape index (κ2) is 7.27. The summed E-state index contributed by atoms with van der Waals surface area (Å²) in [5, 5.41) is 19.4. The molecule has 1 heterocycles. The van der Waals surface area contributed by atoms with Crippen LogP contribution in [0.25, 0.3) is 5.03 Å². The number of hydrogen-bond acceptors (Lipinski definition) is 3. The zero-order chi connectivity index (χ0) is 17.0. The van der Waals surface area contributed by atoms with Gasteiger partial charge in [0.1, 0.15) is 0 Å². The Labute approximate surface area is 142 Å². The summed E-state index contributed by atoms with van der Waals surface area (Å²) in [5.41, 5.74) is 4.00. The SMILES string of the molecule is CCc1ccc(/C(Cl)=C/C2C(C#N)=C(C)N=C(C)C2C#N)cc1. The van der Waals surface area contributed by atoms with Crippen molar-refractivity contribution in [3.63, 3.8) is 0 Å². The molecule has 23 heavy (non-hydrogen) atoms. The van der Waals surface area contributed by atoms with Crippen LogP contribution in [0.5, 0.6) is 0 Å². The Balaban J connectivity index is 2.43. The maximum atomic E-state index is 9.45. The lowest BCUT2D eigenvalue weighted by Crippen LogP contribution is -2.25. The molecule has 0 amide bonds. The van der Waals surface area contributed by atoms with Gasteiger partial charge in [-0.3, -0.25) is 4.99 Å². The van der Waals surface area contributed by atoms with Crippen molar-refractivity contribution in [1.82, 2.24) is 0 Å². The number of nitrogens with zero attached hydrogens (tertiary/aromatic N) is 3. The van der Waals surface area contributed by atoms with Crippen molar-refractivity contribution in [1.29, 1.82) is 10.5 Å². The molecule has 1 aromatic carbocycles. The molecule has 2 atom stereocenters. The van der Waals surface area contributed by atoms with Gasteiger partial charge in [-0.05, 0) is 31.4 Å². The van der Waals surface area contributed by atoms with E-state index in [1.807, 2.05) is 31.2 Å². The van der Waals surface area contributed by atoms with E-state index < -0.39 is 5.92 Å². The van der Waals surface area contributed by atoms with E-state index in [-0.39, 0.29) is 5.92 Å². The van der Waals surface area contributed by atoms with Crippen LogP contribution in [0.3, 0.4) is 0 Å². The monoisotopic (exact) mass is 323 g/mol. The van der Waals surface area contributed by atoms with Gasteiger partial charge in [0.15, 0.2) is 0 Å². The van der Waals surface area contributed by atoms with E-state index >= 15 is 0 Å². The zero-order valence-electron chi connectivity index (χ0n) is 13.5. The van der Waals surface area contributed by atoms with Crippen LogP contribution in [-0.4, -0.2) is 5.71 Å². The van der Waals surface area contributed by atoms with E-state index in [4.69, 9.17) is 11.6 Å². The van der Waals surface area contributed by atoms with E-state index in [2.05, 4.69) is 24.1 Å². The van der Waals surface area contributed by atoms with Gasteiger partial charge in [0.25, 0.3) is 0 Å². The second-order valence-electron chi connectivity index (χ2n) is 5.56. The molecule has 2 rings (SSSR count). The first-order valence-electron chi connectivity index (χ1n) is 7.54. The summed E-state index contributed by atoms with van der Waals surface area (Å²) in [5.74, 6) is -0.821. The Kier molecular flexibility index (Phi) is 5.37. The average molecular weight is 324 g/mol. The molecular weight excluding hydrogens is 306 g/mol. The summed E-state index contributed by atoms with van der Waals surface area (Å²) in [6, 6.07) is 12.4. The van der Waals surface area contributed by atoms with Gasteiger partial charge in [0, 0.05) is 16.7 Å². The Morgan fingerprint density at radius 1 is 1.26 bits per heavy atom. The van der Waals surface area contributed by atoms with Crippen LogP contribution in [0.2, 0.25) is 0 Å². The second-order valence-corrected chi connectivity index (χ2v) is 5.97. The first kappa shape index (κ1) is 17.0. The van der Waals surface area contributed by atoms with E-state index in [0.29, 0.717) is 16.3 Å². The fraction of sp³-hybridized carbons (Fsp3) is 0.316. The molecule has 0 fully saturated rings. The molecule has 3 nitrogen and oxygen atoms in total. The molecule has 1 aliphatic rings. The smallest absolute Gasteiger partial charge is 0.0973 e. The van der Waals surface area contributed by atoms with Crippen molar-refractivity contribution in [3.05, 3.63) is 52.7 Å². The maximum absolute atomic E-state index is 9.45. The number of nitriles is 2. The normalized spacial score (nSPS) is 21.5. The number of halogens is 1. The highest BCUT2D eigenvalue weighted by Gasteiger charge is 2.31. The molecule has 0 radical (unpaired) electrons. The van der Waals surface area contributed by atoms with Crippen molar-refractivity contribution in [2.45, 2.75) is 27.2 Å². The van der Waals surface area contributed by atoms with Crippen molar-refractivity contribution in [3.8, 4) is 12.1 Å². The number of hydrogen-bond donors (Lipinski definition) is 0. The van der Waals surface area contributed by atoms with Crippen molar-refractivity contribution >= 4 is 22.3 Å². The minimum atomic E-state index is -0.461. The number of aryl methyl sites for hydroxylation is 1. The Morgan fingerprint density at radius 2 is 1.91 bits per heavy atom.